The lowest BCUT2D eigenvalue weighted by atomic mass is 9.62. The summed E-state index contributed by atoms with van der Waals surface area (Å²) in [5, 5.41) is 23.1. The van der Waals surface area contributed by atoms with E-state index >= 15 is 0 Å². The molecule has 0 unspecified atom stereocenters. The maximum atomic E-state index is 12.3. The van der Waals surface area contributed by atoms with Gasteiger partial charge in [-0.05, 0) is 18.2 Å². The Balaban J connectivity index is 3.60. The predicted octanol–water partition coefficient (Wildman–Crippen LogP) is 1.35. The average Bonchev–Trinajstić information content (AvgIpc) is 2.54. The quantitative estimate of drug-likeness (QED) is 0.428. The van der Waals surface area contributed by atoms with Crippen LogP contribution in [0.4, 0.5) is 0 Å². The van der Waals surface area contributed by atoms with E-state index in [-0.39, 0.29) is 28.2 Å². The number of carboxylic acid groups (broad SMARTS) is 2. The maximum absolute atomic E-state index is 12.3. The molecule has 0 spiro atoms. The summed E-state index contributed by atoms with van der Waals surface area (Å²) in [4.78, 5) is 35.0. The monoisotopic (exact) mass is 456 g/mol. The van der Waals surface area contributed by atoms with Crippen LogP contribution in [0.1, 0.15) is 51.9 Å². The van der Waals surface area contributed by atoms with Gasteiger partial charge in [-0.25, -0.2) is 0 Å². The van der Waals surface area contributed by atoms with E-state index in [0.717, 1.165) is 0 Å². The molecule has 1 rings (SSSR count). The van der Waals surface area contributed by atoms with Gasteiger partial charge in [0.15, 0.2) is 22.9 Å². The lowest BCUT2D eigenvalue weighted by Gasteiger charge is -2.53. The van der Waals surface area contributed by atoms with Gasteiger partial charge in [-0.1, -0.05) is 57.5 Å². The Kier molecular flexibility index (Phi) is 7.28. The molecule has 0 aliphatic heterocycles. The van der Waals surface area contributed by atoms with Crippen LogP contribution < -0.4 is 19.7 Å². The molecule has 156 valence electrons. The molecule has 28 heavy (non-hydrogen) atoms. The standard InChI is InChI=1S/C20H27BrO7/c1-18(2,3)20(17(25)26,19(4,5)6)28-14-8-7-12(13(22)10-21)9-15(14)27-11-16(23)24/h7-9H,10-11H2,1-6H3,(H,23,24)(H,25,26)/p-2. The highest BCUT2D eigenvalue weighted by Gasteiger charge is 2.55. The third-order valence-electron chi connectivity index (χ3n) is 4.40. The fraction of sp³-hybridized carbons (Fsp3) is 0.550. The van der Waals surface area contributed by atoms with Crippen molar-refractivity contribution in [3.63, 3.8) is 0 Å². The van der Waals surface area contributed by atoms with Crippen LogP contribution in [0.15, 0.2) is 18.2 Å². The molecule has 0 atom stereocenters. The van der Waals surface area contributed by atoms with Crippen LogP contribution in [0.5, 0.6) is 11.5 Å². The normalized spacial score (nSPS) is 12.4. The van der Waals surface area contributed by atoms with Crippen molar-refractivity contribution in [2.45, 2.75) is 47.1 Å². The summed E-state index contributed by atoms with van der Waals surface area (Å²) < 4.78 is 11.2. The van der Waals surface area contributed by atoms with E-state index in [2.05, 4.69) is 15.9 Å². The van der Waals surface area contributed by atoms with Crippen LogP contribution in [-0.4, -0.2) is 35.3 Å². The highest BCUT2D eigenvalue weighted by atomic mass is 79.9. The molecule has 0 aliphatic rings. The molecule has 0 saturated heterocycles. The molecule has 1 aromatic rings. The van der Waals surface area contributed by atoms with Crippen LogP contribution in [0, 0.1) is 10.8 Å². The predicted molar refractivity (Wildman–Crippen MR) is 102 cm³/mol. The number of carbonyl (C=O) groups excluding carboxylic acids is 3. The minimum Gasteiger partial charge on any atom is -0.546 e. The van der Waals surface area contributed by atoms with Gasteiger partial charge in [-0.15, -0.1) is 0 Å². The van der Waals surface area contributed by atoms with Crippen molar-refractivity contribution in [1.82, 2.24) is 0 Å². The fourth-order valence-corrected chi connectivity index (χ4v) is 3.67. The van der Waals surface area contributed by atoms with E-state index in [9.17, 15) is 24.6 Å². The molecular weight excluding hydrogens is 432 g/mol. The Labute approximate surface area is 173 Å². The first-order valence-electron chi connectivity index (χ1n) is 8.63. The molecule has 0 aliphatic carbocycles. The first-order chi connectivity index (χ1) is 12.7. The van der Waals surface area contributed by atoms with E-state index in [1.807, 2.05) is 0 Å². The molecule has 0 bridgehead atoms. The minimum absolute atomic E-state index is 0.0126. The Hall–Kier alpha value is -2.09. The zero-order valence-corrected chi connectivity index (χ0v) is 18.5. The molecule has 7 nitrogen and oxygen atoms in total. The molecule has 0 amide bonds. The van der Waals surface area contributed by atoms with Crippen molar-refractivity contribution in [2.75, 3.05) is 11.9 Å². The van der Waals surface area contributed by atoms with Gasteiger partial charge in [0.2, 0.25) is 0 Å². The van der Waals surface area contributed by atoms with Crippen LogP contribution >= 0.6 is 15.9 Å². The Morgan fingerprint density at radius 1 is 0.964 bits per heavy atom. The first kappa shape index (κ1) is 23.9. The Morgan fingerprint density at radius 2 is 1.50 bits per heavy atom. The lowest BCUT2D eigenvalue weighted by Crippen LogP contribution is -2.67. The molecule has 0 aromatic heterocycles. The fourth-order valence-electron chi connectivity index (χ4n) is 3.34. The van der Waals surface area contributed by atoms with E-state index in [4.69, 9.17) is 9.47 Å². The summed E-state index contributed by atoms with van der Waals surface area (Å²) >= 11 is 3.07. The number of hydrogen-bond acceptors (Lipinski definition) is 7. The van der Waals surface area contributed by atoms with Crippen LogP contribution in [0.25, 0.3) is 0 Å². The molecule has 8 heteroatoms. The second kappa shape index (κ2) is 8.51. The van der Waals surface area contributed by atoms with Crippen LogP contribution in [0.3, 0.4) is 0 Å². The van der Waals surface area contributed by atoms with E-state index in [1.54, 1.807) is 41.5 Å². The van der Waals surface area contributed by atoms with Gasteiger partial charge >= 0.3 is 0 Å². The van der Waals surface area contributed by atoms with Crippen LogP contribution in [0.2, 0.25) is 0 Å². The number of ether oxygens (including phenoxy) is 2. The minimum atomic E-state index is -1.79. The lowest BCUT2D eigenvalue weighted by molar-refractivity contribution is -0.337. The highest BCUT2D eigenvalue weighted by molar-refractivity contribution is 9.09. The third-order valence-corrected chi connectivity index (χ3v) is 4.90. The molecule has 1 aromatic carbocycles. The van der Waals surface area contributed by atoms with Gasteiger partial charge in [-0.3, -0.25) is 4.79 Å². The van der Waals surface area contributed by atoms with Gasteiger partial charge in [0.25, 0.3) is 0 Å². The summed E-state index contributed by atoms with van der Waals surface area (Å²) in [6, 6.07) is 4.15. The smallest absolute Gasteiger partial charge is 0.173 e. The number of carboxylic acids is 2. The van der Waals surface area contributed by atoms with Crippen molar-refractivity contribution in [3.05, 3.63) is 23.8 Å². The highest BCUT2D eigenvalue weighted by Crippen LogP contribution is 2.48. The van der Waals surface area contributed by atoms with Gasteiger partial charge < -0.3 is 29.3 Å². The van der Waals surface area contributed by atoms with E-state index < -0.39 is 35.0 Å². The number of benzene rings is 1. The van der Waals surface area contributed by atoms with Gasteiger partial charge in [0, 0.05) is 16.4 Å². The number of alkyl halides is 1. The second-order valence-electron chi connectivity index (χ2n) is 8.45. The third kappa shape index (κ3) is 4.84. The number of carbonyl (C=O) groups is 3. The van der Waals surface area contributed by atoms with E-state index in [1.165, 1.54) is 18.2 Å². The van der Waals surface area contributed by atoms with Crippen molar-refractivity contribution < 1.29 is 34.1 Å². The van der Waals surface area contributed by atoms with Crippen molar-refractivity contribution in [1.29, 1.82) is 0 Å². The topological polar surface area (TPSA) is 116 Å². The molecule has 0 saturated carbocycles. The Morgan fingerprint density at radius 3 is 1.89 bits per heavy atom. The molecule has 0 N–H and O–H groups in total. The zero-order valence-electron chi connectivity index (χ0n) is 16.9. The average molecular weight is 457 g/mol. The number of rotatable bonds is 8. The molecule has 0 heterocycles. The number of halogens is 1. The molecule has 0 radical (unpaired) electrons. The SMILES string of the molecule is CC(C)(C)C(Oc1ccc(C(=O)CBr)cc1OCC(=O)[O-])(C(=O)[O-])C(C)(C)C. The summed E-state index contributed by atoms with van der Waals surface area (Å²) in [5.74, 6) is -3.24. The number of aliphatic carboxylic acids is 2. The Bertz CT molecular complexity index is 743. The zero-order chi connectivity index (χ0) is 21.9. The van der Waals surface area contributed by atoms with Gasteiger partial charge in [0.1, 0.15) is 6.61 Å². The largest absolute Gasteiger partial charge is 0.546 e. The van der Waals surface area contributed by atoms with Crippen LogP contribution in [-0.2, 0) is 9.59 Å². The molecular formula is C20H25BrO7-2. The van der Waals surface area contributed by atoms with Crippen molar-refractivity contribution >= 4 is 33.7 Å². The van der Waals surface area contributed by atoms with Crippen molar-refractivity contribution in [3.8, 4) is 11.5 Å². The summed E-state index contributed by atoms with van der Waals surface area (Å²) in [5.41, 5.74) is -3.34. The maximum Gasteiger partial charge on any atom is 0.173 e. The number of Topliss-reactive ketones (excluding diaryl/α,β-unsaturated/α-hetero) is 1. The van der Waals surface area contributed by atoms with E-state index in [0.29, 0.717) is 0 Å². The summed E-state index contributed by atoms with van der Waals surface area (Å²) in [6.07, 6.45) is 0. The first-order valence-corrected chi connectivity index (χ1v) is 9.76. The number of ketones is 1. The summed E-state index contributed by atoms with van der Waals surface area (Å²) in [6.45, 7) is 9.45. The molecule has 0 fully saturated rings. The second-order valence-corrected chi connectivity index (χ2v) is 9.01. The van der Waals surface area contributed by atoms with Gasteiger partial charge in [0.05, 0.1) is 17.3 Å². The van der Waals surface area contributed by atoms with Crippen molar-refractivity contribution in [2.24, 2.45) is 10.8 Å². The number of hydrogen-bond donors (Lipinski definition) is 0. The van der Waals surface area contributed by atoms with Gasteiger partial charge in [-0.2, -0.15) is 0 Å². The summed E-state index contributed by atoms with van der Waals surface area (Å²) in [7, 11) is 0.